The lowest BCUT2D eigenvalue weighted by Gasteiger charge is -2.06. The van der Waals surface area contributed by atoms with Gasteiger partial charge < -0.3 is 14.3 Å². The van der Waals surface area contributed by atoms with Gasteiger partial charge in [0.15, 0.2) is 0 Å². The summed E-state index contributed by atoms with van der Waals surface area (Å²) in [6, 6.07) is 11.5. The van der Waals surface area contributed by atoms with E-state index < -0.39 is 0 Å². The Kier molecular flexibility index (Phi) is 3.04. The van der Waals surface area contributed by atoms with Crippen molar-refractivity contribution in [2.75, 3.05) is 5.32 Å². The summed E-state index contributed by atoms with van der Waals surface area (Å²) in [5, 5.41) is 2.96. The molecule has 0 aliphatic heterocycles. The van der Waals surface area contributed by atoms with Gasteiger partial charge in [-0.3, -0.25) is 4.79 Å². The van der Waals surface area contributed by atoms with Crippen molar-refractivity contribution in [3.05, 3.63) is 67.1 Å². The predicted molar refractivity (Wildman–Crippen MR) is 81.7 cm³/mol. The minimum atomic E-state index is 0.0134. The summed E-state index contributed by atoms with van der Waals surface area (Å²) in [6.45, 7) is 0. The molecule has 5 heteroatoms. The molecule has 22 heavy (non-hydrogen) atoms. The molecule has 110 valence electrons. The summed E-state index contributed by atoms with van der Waals surface area (Å²) in [5.41, 5.74) is 1.81. The number of amides is 1. The zero-order valence-corrected chi connectivity index (χ0v) is 11.8. The van der Waals surface area contributed by atoms with Crippen LogP contribution < -0.4 is 5.32 Å². The first kappa shape index (κ1) is 12.9. The highest BCUT2D eigenvalue weighted by molar-refractivity contribution is 5.95. The van der Waals surface area contributed by atoms with Gasteiger partial charge in [-0.05, 0) is 42.8 Å². The van der Waals surface area contributed by atoms with Crippen LogP contribution in [0.15, 0.2) is 65.8 Å². The Morgan fingerprint density at radius 2 is 2.14 bits per heavy atom. The lowest BCUT2D eigenvalue weighted by Crippen LogP contribution is -2.14. The molecule has 1 amide bonds. The minimum Gasteiger partial charge on any atom is -0.469 e. The van der Waals surface area contributed by atoms with E-state index >= 15 is 0 Å². The molecule has 1 N–H and O–H groups in total. The van der Waals surface area contributed by atoms with E-state index in [1.807, 2.05) is 47.2 Å². The second kappa shape index (κ2) is 5.18. The van der Waals surface area contributed by atoms with Crippen LogP contribution in [-0.4, -0.2) is 15.5 Å². The van der Waals surface area contributed by atoms with Gasteiger partial charge in [0.05, 0.1) is 12.6 Å². The molecule has 3 aromatic rings. The lowest BCUT2D eigenvalue weighted by molar-refractivity contribution is -0.117. The molecule has 5 nitrogen and oxygen atoms in total. The van der Waals surface area contributed by atoms with E-state index in [-0.39, 0.29) is 17.7 Å². The van der Waals surface area contributed by atoms with Crippen molar-refractivity contribution in [1.29, 1.82) is 0 Å². The fraction of sp³-hybridized carbons (Fsp3) is 0.176. The van der Waals surface area contributed by atoms with E-state index in [1.165, 1.54) is 0 Å². The summed E-state index contributed by atoms with van der Waals surface area (Å²) in [7, 11) is 0. The molecular formula is C17H15N3O2. The Balaban J connectivity index is 1.40. The predicted octanol–water partition coefficient (Wildman–Crippen LogP) is 3.21. The maximum Gasteiger partial charge on any atom is 0.228 e. The third kappa shape index (κ3) is 2.41. The maximum atomic E-state index is 12.2. The largest absolute Gasteiger partial charge is 0.469 e. The molecule has 0 bridgehead atoms. The van der Waals surface area contributed by atoms with Crippen molar-refractivity contribution in [3.8, 4) is 5.69 Å². The molecule has 0 radical (unpaired) electrons. The summed E-state index contributed by atoms with van der Waals surface area (Å²) < 4.78 is 7.27. The number of nitrogens with zero attached hydrogens (tertiary/aromatic N) is 2. The number of nitrogens with one attached hydrogen (secondary N) is 1. The normalized spacial score (nSPS) is 19.8. The first-order valence-electron chi connectivity index (χ1n) is 7.24. The van der Waals surface area contributed by atoms with Crippen LogP contribution in [0.2, 0.25) is 0 Å². The molecule has 1 aliphatic rings. The number of benzene rings is 1. The van der Waals surface area contributed by atoms with Gasteiger partial charge in [0, 0.05) is 35.6 Å². The monoisotopic (exact) mass is 293 g/mol. The van der Waals surface area contributed by atoms with Crippen LogP contribution in [0.1, 0.15) is 18.1 Å². The molecular weight excluding hydrogens is 278 g/mol. The Morgan fingerprint density at radius 1 is 1.27 bits per heavy atom. The second-order valence-electron chi connectivity index (χ2n) is 5.47. The van der Waals surface area contributed by atoms with Gasteiger partial charge in [-0.2, -0.15) is 0 Å². The number of furan rings is 1. The summed E-state index contributed by atoms with van der Waals surface area (Å²) in [5.74, 6) is 1.19. The zero-order valence-electron chi connectivity index (χ0n) is 11.8. The number of aromatic nitrogens is 2. The van der Waals surface area contributed by atoms with Crippen LogP contribution in [0, 0.1) is 5.92 Å². The van der Waals surface area contributed by atoms with Gasteiger partial charge in [0.1, 0.15) is 5.76 Å². The number of hydrogen-bond acceptors (Lipinski definition) is 3. The third-order valence-corrected chi connectivity index (χ3v) is 3.97. The van der Waals surface area contributed by atoms with Crippen LogP contribution in [0.4, 0.5) is 5.69 Å². The van der Waals surface area contributed by atoms with E-state index in [1.54, 1.807) is 18.8 Å². The van der Waals surface area contributed by atoms with Gasteiger partial charge in [-0.25, -0.2) is 4.98 Å². The van der Waals surface area contributed by atoms with Crippen molar-refractivity contribution < 1.29 is 9.21 Å². The highest BCUT2D eigenvalue weighted by atomic mass is 16.3. The fourth-order valence-corrected chi connectivity index (χ4v) is 2.67. The Hall–Kier alpha value is -2.82. The number of imidazole rings is 1. The van der Waals surface area contributed by atoms with E-state index in [9.17, 15) is 4.79 Å². The second-order valence-corrected chi connectivity index (χ2v) is 5.47. The molecule has 1 aromatic carbocycles. The maximum absolute atomic E-state index is 12.2. The Bertz CT molecular complexity index is 761. The van der Waals surface area contributed by atoms with Gasteiger partial charge >= 0.3 is 0 Å². The topological polar surface area (TPSA) is 60.1 Å². The Morgan fingerprint density at radius 3 is 2.82 bits per heavy atom. The molecule has 2 atom stereocenters. The molecule has 1 aliphatic carbocycles. The van der Waals surface area contributed by atoms with E-state index in [2.05, 4.69) is 10.3 Å². The van der Waals surface area contributed by atoms with Gasteiger partial charge in [0.25, 0.3) is 0 Å². The van der Waals surface area contributed by atoms with Crippen LogP contribution >= 0.6 is 0 Å². The molecule has 2 heterocycles. The smallest absolute Gasteiger partial charge is 0.228 e. The average Bonchev–Trinajstić information content (AvgIpc) is 2.97. The minimum absolute atomic E-state index is 0.0134. The van der Waals surface area contributed by atoms with Crippen molar-refractivity contribution in [1.82, 2.24) is 9.55 Å². The molecule has 2 aromatic heterocycles. The highest BCUT2D eigenvalue weighted by Gasteiger charge is 2.45. The van der Waals surface area contributed by atoms with Gasteiger partial charge in [-0.15, -0.1) is 0 Å². The van der Waals surface area contributed by atoms with Crippen LogP contribution in [-0.2, 0) is 4.79 Å². The van der Waals surface area contributed by atoms with Crippen molar-refractivity contribution in [2.45, 2.75) is 12.3 Å². The van der Waals surface area contributed by atoms with Crippen molar-refractivity contribution >= 4 is 11.6 Å². The summed E-state index contributed by atoms with van der Waals surface area (Å²) in [4.78, 5) is 16.2. The van der Waals surface area contributed by atoms with Crippen LogP contribution in [0.5, 0.6) is 0 Å². The van der Waals surface area contributed by atoms with Gasteiger partial charge in [0.2, 0.25) is 5.91 Å². The summed E-state index contributed by atoms with van der Waals surface area (Å²) in [6.07, 6.45) is 7.86. The van der Waals surface area contributed by atoms with Gasteiger partial charge in [-0.1, -0.05) is 0 Å². The quantitative estimate of drug-likeness (QED) is 0.803. The fourth-order valence-electron chi connectivity index (χ4n) is 2.67. The Labute approximate surface area is 127 Å². The van der Waals surface area contributed by atoms with Crippen LogP contribution in [0.25, 0.3) is 5.69 Å². The number of rotatable bonds is 4. The van der Waals surface area contributed by atoms with Crippen LogP contribution in [0.3, 0.4) is 0 Å². The molecule has 1 fully saturated rings. The molecule has 2 unspecified atom stereocenters. The lowest BCUT2D eigenvalue weighted by atomic mass is 10.2. The number of anilines is 1. The van der Waals surface area contributed by atoms with E-state index in [0.29, 0.717) is 0 Å². The molecule has 0 saturated heterocycles. The zero-order chi connectivity index (χ0) is 14.9. The average molecular weight is 293 g/mol. The number of carbonyl (C=O) groups excluding carboxylic acids is 1. The van der Waals surface area contributed by atoms with E-state index in [0.717, 1.165) is 23.6 Å². The highest BCUT2D eigenvalue weighted by Crippen LogP contribution is 2.48. The number of carbonyl (C=O) groups is 1. The first-order valence-corrected chi connectivity index (χ1v) is 7.24. The molecule has 0 spiro atoms. The molecule has 4 rings (SSSR count). The van der Waals surface area contributed by atoms with Crippen molar-refractivity contribution in [2.24, 2.45) is 5.92 Å². The SMILES string of the molecule is O=C(Nc1ccc(-n2ccnc2)cc1)C1CC1c1ccco1. The standard InChI is InChI=1S/C17H15N3O2/c21-17(15-10-14(15)16-2-1-9-22-16)19-12-3-5-13(6-4-12)20-8-7-18-11-20/h1-9,11,14-15H,10H2,(H,19,21). The van der Waals surface area contributed by atoms with Crippen molar-refractivity contribution in [3.63, 3.8) is 0 Å². The van der Waals surface area contributed by atoms with E-state index in [4.69, 9.17) is 4.42 Å². The third-order valence-electron chi connectivity index (χ3n) is 3.97. The number of hydrogen-bond donors (Lipinski definition) is 1. The first-order chi connectivity index (χ1) is 10.8. The summed E-state index contributed by atoms with van der Waals surface area (Å²) >= 11 is 0. The molecule has 1 saturated carbocycles.